The zero-order valence-corrected chi connectivity index (χ0v) is 11.1. The molecule has 0 bridgehead atoms. The van der Waals surface area contributed by atoms with E-state index in [2.05, 4.69) is 5.32 Å². The summed E-state index contributed by atoms with van der Waals surface area (Å²) in [6.07, 6.45) is 1.69. The highest BCUT2D eigenvalue weighted by molar-refractivity contribution is 5.69. The lowest BCUT2D eigenvalue weighted by molar-refractivity contribution is -0.111. The van der Waals surface area contributed by atoms with Gasteiger partial charge in [0.25, 0.3) is 0 Å². The van der Waals surface area contributed by atoms with Crippen molar-refractivity contribution in [3.63, 3.8) is 0 Å². The number of furan rings is 1. The maximum absolute atomic E-state index is 11.7. The third-order valence-electron chi connectivity index (χ3n) is 2.26. The normalized spacial score (nSPS) is 14.7. The molecule has 0 radical (unpaired) electrons. The van der Waals surface area contributed by atoms with Crippen LogP contribution in [-0.2, 0) is 9.53 Å². The van der Waals surface area contributed by atoms with Crippen LogP contribution in [0.3, 0.4) is 0 Å². The van der Waals surface area contributed by atoms with Crippen LogP contribution >= 0.6 is 0 Å². The highest BCUT2D eigenvalue weighted by Gasteiger charge is 2.26. The Balaban J connectivity index is 2.74. The molecule has 1 heterocycles. The van der Waals surface area contributed by atoms with E-state index in [0.29, 0.717) is 5.76 Å². The zero-order valence-electron chi connectivity index (χ0n) is 11.1. The first-order chi connectivity index (χ1) is 8.33. The highest BCUT2D eigenvalue weighted by atomic mass is 16.6. The van der Waals surface area contributed by atoms with Crippen molar-refractivity contribution in [3.8, 4) is 0 Å². The van der Waals surface area contributed by atoms with Crippen LogP contribution in [0.1, 0.15) is 39.5 Å². The lowest BCUT2D eigenvalue weighted by Crippen LogP contribution is -2.37. The van der Waals surface area contributed by atoms with Gasteiger partial charge in [0.15, 0.2) is 0 Å². The molecule has 0 saturated heterocycles. The molecule has 1 rings (SSSR count). The molecule has 1 aromatic heterocycles. The number of aldehydes is 1. The lowest BCUT2D eigenvalue weighted by atomic mass is 10.0. The van der Waals surface area contributed by atoms with Crippen LogP contribution in [0.4, 0.5) is 4.79 Å². The average molecular weight is 253 g/mol. The summed E-state index contributed by atoms with van der Waals surface area (Å²) in [5.74, 6) is 0.129. The molecule has 0 aliphatic rings. The molecule has 1 N–H and O–H groups in total. The van der Waals surface area contributed by atoms with Gasteiger partial charge in [0.05, 0.1) is 12.3 Å². The average Bonchev–Trinajstić information content (AvgIpc) is 2.75. The van der Waals surface area contributed by atoms with Gasteiger partial charge in [-0.05, 0) is 32.9 Å². The van der Waals surface area contributed by atoms with Gasteiger partial charge in [-0.25, -0.2) is 4.79 Å². The number of hydrogen-bond acceptors (Lipinski definition) is 4. The van der Waals surface area contributed by atoms with Gasteiger partial charge >= 0.3 is 6.09 Å². The number of hydrogen-bond donors (Lipinski definition) is 1. The number of ether oxygens (including phenoxy) is 1. The minimum absolute atomic E-state index is 0.399. The number of amides is 1. The minimum atomic E-state index is -0.581. The quantitative estimate of drug-likeness (QED) is 0.837. The molecule has 5 heteroatoms. The first-order valence-electron chi connectivity index (χ1n) is 5.81. The van der Waals surface area contributed by atoms with E-state index in [-0.39, 0.29) is 0 Å². The van der Waals surface area contributed by atoms with Crippen LogP contribution in [0.15, 0.2) is 22.8 Å². The molecule has 2 atom stereocenters. The SMILES string of the molecule is C[C@H](C=O)[C@H](NC(=O)OC(C)(C)C)c1ccco1. The van der Waals surface area contributed by atoms with Crippen molar-refractivity contribution < 1.29 is 18.7 Å². The summed E-state index contributed by atoms with van der Waals surface area (Å²) in [6, 6.07) is 2.89. The molecular formula is C13H19NO4. The zero-order chi connectivity index (χ0) is 13.8. The molecule has 5 nitrogen and oxygen atoms in total. The first-order valence-corrected chi connectivity index (χ1v) is 5.81. The lowest BCUT2D eigenvalue weighted by Gasteiger charge is -2.24. The summed E-state index contributed by atoms with van der Waals surface area (Å²) in [6.45, 7) is 7.03. The Labute approximate surface area is 106 Å². The van der Waals surface area contributed by atoms with E-state index in [1.165, 1.54) is 6.26 Å². The van der Waals surface area contributed by atoms with E-state index in [4.69, 9.17) is 9.15 Å². The van der Waals surface area contributed by atoms with E-state index in [9.17, 15) is 9.59 Å². The van der Waals surface area contributed by atoms with Gasteiger partial charge in [0, 0.05) is 5.92 Å². The molecule has 0 aliphatic heterocycles. The van der Waals surface area contributed by atoms with Crippen LogP contribution in [0.5, 0.6) is 0 Å². The fourth-order valence-electron chi connectivity index (χ4n) is 1.44. The molecule has 1 amide bonds. The van der Waals surface area contributed by atoms with Gasteiger partial charge in [-0.2, -0.15) is 0 Å². The van der Waals surface area contributed by atoms with E-state index < -0.39 is 23.7 Å². The monoisotopic (exact) mass is 253 g/mol. The van der Waals surface area contributed by atoms with Gasteiger partial charge in [-0.1, -0.05) is 6.92 Å². The van der Waals surface area contributed by atoms with Crippen molar-refractivity contribution in [2.24, 2.45) is 5.92 Å². The van der Waals surface area contributed by atoms with Crippen LogP contribution in [0, 0.1) is 5.92 Å². The van der Waals surface area contributed by atoms with Crippen LogP contribution in [0.25, 0.3) is 0 Å². The summed E-state index contributed by atoms with van der Waals surface area (Å²) in [5.41, 5.74) is -0.581. The number of carbonyl (C=O) groups is 2. The van der Waals surface area contributed by atoms with Gasteiger partial charge < -0.3 is 19.3 Å². The fourth-order valence-corrected chi connectivity index (χ4v) is 1.44. The molecule has 0 saturated carbocycles. The molecule has 0 aromatic carbocycles. The number of nitrogens with one attached hydrogen (secondary N) is 1. The van der Waals surface area contributed by atoms with Crippen molar-refractivity contribution in [3.05, 3.63) is 24.2 Å². The largest absolute Gasteiger partial charge is 0.467 e. The van der Waals surface area contributed by atoms with Gasteiger partial charge in [0.2, 0.25) is 0 Å². The van der Waals surface area contributed by atoms with Gasteiger partial charge in [-0.15, -0.1) is 0 Å². The summed E-state index contributed by atoms with van der Waals surface area (Å²) in [4.78, 5) is 22.6. The maximum atomic E-state index is 11.7. The molecule has 18 heavy (non-hydrogen) atoms. The minimum Gasteiger partial charge on any atom is -0.467 e. The van der Waals surface area contributed by atoms with Gasteiger partial charge in [-0.3, -0.25) is 0 Å². The van der Waals surface area contributed by atoms with Crippen molar-refractivity contribution in [2.75, 3.05) is 0 Å². The second kappa shape index (κ2) is 5.71. The summed E-state index contributed by atoms with van der Waals surface area (Å²) < 4.78 is 10.4. The molecule has 100 valence electrons. The van der Waals surface area contributed by atoms with Crippen LogP contribution in [-0.4, -0.2) is 18.0 Å². The Morgan fingerprint density at radius 2 is 2.17 bits per heavy atom. The Morgan fingerprint density at radius 1 is 1.50 bits per heavy atom. The highest BCUT2D eigenvalue weighted by Crippen LogP contribution is 2.21. The maximum Gasteiger partial charge on any atom is 0.408 e. The van der Waals surface area contributed by atoms with Crippen molar-refractivity contribution in [1.29, 1.82) is 0 Å². The second-order valence-electron chi connectivity index (χ2n) is 5.13. The summed E-state index contributed by atoms with van der Waals surface area (Å²) in [7, 11) is 0. The van der Waals surface area contributed by atoms with Crippen molar-refractivity contribution in [2.45, 2.75) is 39.3 Å². The predicted molar refractivity (Wildman–Crippen MR) is 66.0 cm³/mol. The molecule has 0 unspecified atom stereocenters. The van der Waals surface area contributed by atoms with E-state index in [1.807, 2.05) is 0 Å². The van der Waals surface area contributed by atoms with E-state index in [1.54, 1.807) is 39.8 Å². The molecule has 0 aliphatic carbocycles. The summed E-state index contributed by atoms with van der Waals surface area (Å²) in [5, 5.41) is 2.64. The van der Waals surface area contributed by atoms with Crippen molar-refractivity contribution >= 4 is 12.4 Å². The number of alkyl carbamates (subject to hydrolysis) is 1. The first kappa shape index (κ1) is 14.3. The summed E-state index contributed by atoms with van der Waals surface area (Å²) >= 11 is 0. The number of rotatable bonds is 4. The second-order valence-corrected chi connectivity index (χ2v) is 5.13. The van der Waals surface area contributed by atoms with E-state index in [0.717, 1.165) is 6.29 Å². The number of carbonyl (C=O) groups excluding carboxylic acids is 2. The topological polar surface area (TPSA) is 68.5 Å². The van der Waals surface area contributed by atoms with Gasteiger partial charge in [0.1, 0.15) is 17.6 Å². The third kappa shape index (κ3) is 4.24. The predicted octanol–water partition coefficient (Wildman–Crippen LogP) is 2.68. The standard InChI is InChI=1S/C13H19NO4/c1-9(8-15)11(10-6-5-7-17-10)14-12(16)18-13(2,3)4/h5-9,11H,1-4H3,(H,14,16)/t9-,11+/m1/s1. The van der Waals surface area contributed by atoms with E-state index >= 15 is 0 Å². The molecule has 0 spiro atoms. The molecule has 0 fully saturated rings. The smallest absolute Gasteiger partial charge is 0.408 e. The molecule has 1 aromatic rings. The third-order valence-corrected chi connectivity index (χ3v) is 2.26. The Morgan fingerprint density at radius 3 is 2.61 bits per heavy atom. The fraction of sp³-hybridized carbons (Fsp3) is 0.538. The van der Waals surface area contributed by atoms with Crippen molar-refractivity contribution in [1.82, 2.24) is 5.32 Å². The van der Waals surface area contributed by atoms with Crippen LogP contribution < -0.4 is 5.32 Å². The Kier molecular flexibility index (Phi) is 4.53. The Bertz CT molecular complexity index is 392. The van der Waals surface area contributed by atoms with Crippen LogP contribution in [0.2, 0.25) is 0 Å². The Hall–Kier alpha value is -1.78. The molecular weight excluding hydrogens is 234 g/mol.